The van der Waals surface area contributed by atoms with E-state index in [1.54, 1.807) is 6.20 Å². The number of nitrogens with one attached hydrogen (secondary N) is 1. The standard InChI is InChI=1S/C27H22N4O2/c1-19-11-13-20(14-12-19)25(32)16-30-18-31(24-10-3-2-9-23(24)30)17-26(33)29-22-8-4-6-21-7-5-15-28-27(21)22/h2-15,18H,16-17H2,1H3/p+1. The predicted octanol–water partition coefficient (Wildman–Crippen LogP) is 4.31. The number of hydrogen-bond acceptors (Lipinski definition) is 3. The van der Waals surface area contributed by atoms with Gasteiger partial charge in [0.1, 0.15) is 0 Å². The fourth-order valence-corrected chi connectivity index (χ4v) is 4.03. The van der Waals surface area contributed by atoms with Crippen LogP contribution in [0.3, 0.4) is 0 Å². The number of aromatic nitrogens is 3. The smallest absolute Gasteiger partial charge is 0.266 e. The van der Waals surface area contributed by atoms with Gasteiger partial charge in [0.25, 0.3) is 5.91 Å². The molecule has 2 aromatic heterocycles. The second-order valence-corrected chi connectivity index (χ2v) is 8.08. The molecule has 5 aromatic rings. The summed E-state index contributed by atoms with van der Waals surface area (Å²) in [5.41, 5.74) is 5.01. The van der Waals surface area contributed by atoms with E-state index in [-0.39, 0.29) is 24.8 Å². The number of pyridine rings is 1. The maximum Gasteiger partial charge on any atom is 0.266 e. The van der Waals surface area contributed by atoms with Crippen molar-refractivity contribution in [2.75, 3.05) is 5.32 Å². The molecule has 0 bridgehead atoms. The number of benzene rings is 3. The van der Waals surface area contributed by atoms with Gasteiger partial charge in [-0.15, -0.1) is 0 Å². The van der Waals surface area contributed by atoms with Gasteiger partial charge in [-0.25, -0.2) is 9.13 Å². The molecule has 0 aliphatic rings. The molecule has 1 N–H and O–H groups in total. The molecule has 0 atom stereocenters. The molecule has 5 rings (SSSR count). The largest absolute Gasteiger partial charge is 0.321 e. The van der Waals surface area contributed by atoms with Gasteiger partial charge in [-0.05, 0) is 31.2 Å². The molecule has 0 radical (unpaired) electrons. The molecule has 0 saturated carbocycles. The zero-order chi connectivity index (χ0) is 22.8. The van der Waals surface area contributed by atoms with E-state index >= 15 is 0 Å². The van der Waals surface area contributed by atoms with Crippen LogP contribution in [0, 0.1) is 6.92 Å². The highest BCUT2D eigenvalue weighted by Crippen LogP contribution is 2.21. The number of nitrogens with zero attached hydrogens (tertiary/aromatic N) is 3. The van der Waals surface area contributed by atoms with Crippen molar-refractivity contribution in [3.05, 3.63) is 103 Å². The summed E-state index contributed by atoms with van der Waals surface area (Å²) in [6.07, 6.45) is 3.54. The van der Waals surface area contributed by atoms with Crippen LogP contribution in [0.2, 0.25) is 0 Å². The summed E-state index contributed by atoms with van der Waals surface area (Å²) in [4.78, 5) is 30.2. The van der Waals surface area contributed by atoms with E-state index in [9.17, 15) is 9.59 Å². The summed E-state index contributed by atoms with van der Waals surface area (Å²) in [7, 11) is 0. The number of carbonyl (C=O) groups excluding carboxylic acids is 2. The monoisotopic (exact) mass is 435 g/mol. The number of carbonyl (C=O) groups is 2. The summed E-state index contributed by atoms with van der Waals surface area (Å²) >= 11 is 0. The molecule has 0 fully saturated rings. The Hall–Kier alpha value is -4.32. The molecule has 0 aliphatic heterocycles. The van der Waals surface area contributed by atoms with Crippen molar-refractivity contribution >= 4 is 39.3 Å². The van der Waals surface area contributed by atoms with E-state index in [4.69, 9.17) is 0 Å². The summed E-state index contributed by atoms with van der Waals surface area (Å²) in [6.45, 7) is 2.32. The number of Topliss-reactive ketones (excluding diaryl/α,β-unsaturated/α-hetero) is 1. The average molecular weight is 436 g/mol. The van der Waals surface area contributed by atoms with E-state index < -0.39 is 0 Å². The topological polar surface area (TPSA) is 67.9 Å². The maximum absolute atomic E-state index is 12.9. The van der Waals surface area contributed by atoms with E-state index in [1.165, 1.54) is 0 Å². The fourth-order valence-electron chi connectivity index (χ4n) is 4.03. The van der Waals surface area contributed by atoms with Crippen LogP contribution in [0.15, 0.2) is 91.4 Å². The van der Waals surface area contributed by atoms with Crippen LogP contribution in [-0.2, 0) is 17.9 Å². The van der Waals surface area contributed by atoms with Crippen LogP contribution >= 0.6 is 0 Å². The van der Waals surface area contributed by atoms with Crippen molar-refractivity contribution in [2.45, 2.75) is 20.0 Å². The van der Waals surface area contributed by atoms with Crippen LogP contribution in [0.1, 0.15) is 15.9 Å². The molecule has 1 amide bonds. The highest BCUT2D eigenvalue weighted by Gasteiger charge is 2.20. The Balaban J connectivity index is 1.40. The van der Waals surface area contributed by atoms with Crippen molar-refractivity contribution in [1.82, 2.24) is 9.55 Å². The van der Waals surface area contributed by atoms with Crippen molar-refractivity contribution < 1.29 is 14.2 Å². The lowest BCUT2D eigenvalue weighted by Crippen LogP contribution is -2.37. The van der Waals surface area contributed by atoms with Gasteiger partial charge in [-0.3, -0.25) is 14.6 Å². The number of imidazole rings is 1. The summed E-state index contributed by atoms with van der Waals surface area (Å²) in [6, 6.07) is 24.9. The first-order valence-electron chi connectivity index (χ1n) is 10.8. The van der Waals surface area contributed by atoms with Gasteiger partial charge in [-0.1, -0.05) is 60.2 Å². The van der Waals surface area contributed by atoms with Crippen LogP contribution < -0.4 is 9.88 Å². The molecule has 2 heterocycles. The highest BCUT2D eigenvalue weighted by molar-refractivity contribution is 6.00. The zero-order valence-corrected chi connectivity index (χ0v) is 18.2. The quantitative estimate of drug-likeness (QED) is 0.319. The molecule has 0 spiro atoms. The Morgan fingerprint density at radius 3 is 2.58 bits per heavy atom. The van der Waals surface area contributed by atoms with Crippen molar-refractivity contribution in [2.24, 2.45) is 0 Å². The van der Waals surface area contributed by atoms with Gasteiger partial charge in [0, 0.05) is 17.1 Å². The van der Waals surface area contributed by atoms with Crippen molar-refractivity contribution in [3.63, 3.8) is 0 Å². The molecular weight excluding hydrogens is 412 g/mol. The number of aryl methyl sites for hydroxylation is 1. The normalized spacial score (nSPS) is 11.1. The molecular formula is C27H23N4O2+. The van der Waals surface area contributed by atoms with Crippen LogP contribution in [0.5, 0.6) is 0 Å². The summed E-state index contributed by atoms with van der Waals surface area (Å²) in [5.74, 6) is -0.139. The molecule has 6 nitrogen and oxygen atoms in total. The van der Waals surface area contributed by atoms with E-state index in [2.05, 4.69) is 10.3 Å². The maximum atomic E-state index is 12.9. The van der Waals surface area contributed by atoms with Crippen molar-refractivity contribution in [1.29, 1.82) is 0 Å². The van der Waals surface area contributed by atoms with E-state index in [0.29, 0.717) is 11.3 Å². The minimum absolute atomic E-state index is 0.0224. The number of ketones is 1. The van der Waals surface area contributed by atoms with Gasteiger partial charge in [-0.2, -0.15) is 0 Å². The number of amides is 1. The minimum atomic E-state index is -0.161. The van der Waals surface area contributed by atoms with Crippen LogP contribution in [0.25, 0.3) is 21.9 Å². The van der Waals surface area contributed by atoms with E-state index in [1.807, 2.05) is 101 Å². The van der Waals surface area contributed by atoms with Crippen molar-refractivity contribution in [3.8, 4) is 0 Å². The van der Waals surface area contributed by atoms with Gasteiger partial charge in [0.05, 0.1) is 11.2 Å². The number of hydrogen-bond donors (Lipinski definition) is 1. The third-order valence-electron chi connectivity index (χ3n) is 5.69. The lowest BCUT2D eigenvalue weighted by atomic mass is 10.1. The fraction of sp³-hybridized carbons (Fsp3) is 0.111. The Morgan fingerprint density at radius 1 is 0.939 bits per heavy atom. The predicted molar refractivity (Wildman–Crippen MR) is 128 cm³/mol. The first-order valence-corrected chi connectivity index (χ1v) is 10.8. The molecule has 0 unspecified atom stereocenters. The van der Waals surface area contributed by atoms with Gasteiger partial charge >= 0.3 is 0 Å². The zero-order valence-electron chi connectivity index (χ0n) is 18.2. The molecule has 3 aromatic carbocycles. The third kappa shape index (κ3) is 4.23. The van der Waals surface area contributed by atoms with Gasteiger partial charge in [0.2, 0.25) is 12.1 Å². The van der Waals surface area contributed by atoms with Gasteiger partial charge in [0.15, 0.2) is 24.1 Å². The Labute approximate surface area is 191 Å². The summed E-state index contributed by atoms with van der Waals surface area (Å²) in [5, 5.41) is 3.95. The SMILES string of the molecule is Cc1ccc(C(=O)C[n+]2cn(CC(=O)Nc3cccc4cccnc34)c3ccccc32)cc1. The second-order valence-electron chi connectivity index (χ2n) is 8.08. The molecule has 0 saturated heterocycles. The Kier molecular flexibility index (Phi) is 5.40. The summed E-state index contributed by atoms with van der Waals surface area (Å²) < 4.78 is 3.76. The van der Waals surface area contributed by atoms with Crippen LogP contribution in [0.4, 0.5) is 5.69 Å². The number of anilines is 1. The lowest BCUT2D eigenvalue weighted by Gasteiger charge is -2.07. The second kappa shape index (κ2) is 8.67. The number of fused-ring (bicyclic) bond motifs is 2. The van der Waals surface area contributed by atoms with Crippen LogP contribution in [-0.4, -0.2) is 21.2 Å². The first-order chi connectivity index (χ1) is 16.1. The lowest BCUT2D eigenvalue weighted by molar-refractivity contribution is -0.657. The molecule has 0 aliphatic carbocycles. The first kappa shape index (κ1) is 20.6. The molecule has 162 valence electrons. The number of rotatable bonds is 6. The third-order valence-corrected chi connectivity index (χ3v) is 5.69. The minimum Gasteiger partial charge on any atom is -0.321 e. The van der Waals surface area contributed by atoms with E-state index in [0.717, 1.165) is 27.5 Å². The Morgan fingerprint density at radius 2 is 1.73 bits per heavy atom. The molecule has 6 heteroatoms. The average Bonchev–Trinajstić information content (AvgIpc) is 3.16. The highest BCUT2D eigenvalue weighted by atomic mass is 16.2. The Bertz CT molecular complexity index is 1480. The molecule has 33 heavy (non-hydrogen) atoms. The number of para-hydroxylation sites is 3. The van der Waals surface area contributed by atoms with Gasteiger partial charge < -0.3 is 5.32 Å².